The topological polar surface area (TPSA) is 86.7 Å². The van der Waals surface area contributed by atoms with Crippen LogP contribution in [0.15, 0.2) is 36.5 Å². The number of Topliss-reactive ketones (excluding diaryl/α,β-unsaturated/α-hetero) is 1. The van der Waals surface area contributed by atoms with E-state index >= 15 is 0 Å². The summed E-state index contributed by atoms with van der Waals surface area (Å²) in [4.78, 5) is 35.3. The van der Waals surface area contributed by atoms with Crippen molar-refractivity contribution >= 4 is 17.7 Å². The molecule has 21 heavy (non-hydrogen) atoms. The number of amides is 1. The molecule has 1 atom stereocenters. The number of hydrogen-bond acceptors (Lipinski definition) is 4. The molecule has 1 aromatic carbocycles. The Morgan fingerprint density at radius 1 is 1.29 bits per heavy atom. The van der Waals surface area contributed by atoms with Crippen molar-refractivity contribution in [3.63, 3.8) is 0 Å². The van der Waals surface area contributed by atoms with Gasteiger partial charge in [0.2, 0.25) is 12.1 Å². The average molecular weight is 292 g/mol. The van der Waals surface area contributed by atoms with Gasteiger partial charge in [0, 0.05) is 18.7 Å². The summed E-state index contributed by atoms with van der Waals surface area (Å²) in [6, 6.07) is 5.50. The van der Waals surface area contributed by atoms with Crippen molar-refractivity contribution in [3.8, 4) is 0 Å². The number of nitrogens with one attached hydrogen (secondary N) is 1. The molecule has 1 aliphatic rings. The molecular formula is C14H13FN2O4. The van der Waals surface area contributed by atoms with Crippen LogP contribution in [0, 0.1) is 5.82 Å². The molecule has 0 radical (unpaired) electrons. The van der Waals surface area contributed by atoms with Crippen LogP contribution in [0.5, 0.6) is 0 Å². The van der Waals surface area contributed by atoms with Crippen LogP contribution < -0.4 is 5.32 Å². The molecule has 110 valence electrons. The molecule has 6 nitrogen and oxygen atoms in total. The van der Waals surface area contributed by atoms with Crippen LogP contribution in [0.25, 0.3) is 0 Å². The molecule has 1 unspecified atom stereocenters. The number of carboxylic acids is 1. The molecule has 2 rings (SSSR count). The zero-order valence-corrected chi connectivity index (χ0v) is 11.0. The Hall–Kier alpha value is -2.70. The summed E-state index contributed by atoms with van der Waals surface area (Å²) >= 11 is 0. The van der Waals surface area contributed by atoms with Crippen molar-refractivity contribution in [2.75, 3.05) is 6.54 Å². The van der Waals surface area contributed by atoms with Gasteiger partial charge in [0.15, 0.2) is 5.78 Å². The second kappa shape index (κ2) is 6.17. The van der Waals surface area contributed by atoms with Gasteiger partial charge in [0.25, 0.3) is 0 Å². The fraction of sp³-hybridized carbons (Fsp3) is 0.214. The first-order valence-corrected chi connectivity index (χ1v) is 6.19. The minimum atomic E-state index is -1.26. The fourth-order valence-electron chi connectivity index (χ4n) is 1.95. The lowest BCUT2D eigenvalue weighted by molar-refractivity contribution is -0.146. The van der Waals surface area contributed by atoms with E-state index in [-0.39, 0.29) is 24.6 Å². The largest absolute Gasteiger partial charge is 0.478 e. The van der Waals surface area contributed by atoms with Crippen molar-refractivity contribution in [2.45, 2.75) is 12.6 Å². The van der Waals surface area contributed by atoms with E-state index in [1.807, 2.05) is 0 Å². The zero-order valence-electron chi connectivity index (χ0n) is 11.0. The number of carboxylic acid groups (broad SMARTS) is 1. The van der Waals surface area contributed by atoms with Crippen molar-refractivity contribution in [3.05, 3.63) is 47.9 Å². The lowest BCUT2D eigenvalue weighted by atomic mass is 10.1. The number of carbonyl (C=O) groups excluding carboxylic acids is 2. The lowest BCUT2D eigenvalue weighted by Crippen LogP contribution is -2.54. The standard InChI is InChI=1S/C14H13FN2O4/c15-10-3-1-9(2-4-10)7-11(18)8-17-6-5-12(19)16-13(17)14(20)21/h1-6,13H,7-8H2,(H,16,19)(H,20,21). The molecule has 0 saturated carbocycles. The van der Waals surface area contributed by atoms with Gasteiger partial charge in [-0.1, -0.05) is 12.1 Å². The third kappa shape index (κ3) is 3.88. The Kier molecular flexibility index (Phi) is 4.32. The van der Waals surface area contributed by atoms with Crippen LogP contribution in [0.1, 0.15) is 5.56 Å². The van der Waals surface area contributed by atoms with E-state index < -0.39 is 18.0 Å². The molecule has 1 aliphatic heterocycles. The minimum Gasteiger partial charge on any atom is -0.478 e. The third-order valence-electron chi connectivity index (χ3n) is 2.94. The highest BCUT2D eigenvalue weighted by molar-refractivity contribution is 5.93. The molecule has 2 N–H and O–H groups in total. The monoisotopic (exact) mass is 292 g/mol. The summed E-state index contributed by atoms with van der Waals surface area (Å²) in [5.41, 5.74) is 0.637. The Morgan fingerprint density at radius 3 is 2.57 bits per heavy atom. The van der Waals surface area contributed by atoms with Crippen LogP contribution >= 0.6 is 0 Å². The second-order valence-electron chi connectivity index (χ2n) is 4.58. The highest BCUT2D eigenvalue weighted by Crippen LogP contribution is 2.08. The van der Waals surface area contributed by atoms with Gasteiger partial charge in [-0.25, -0.2) is 9.18 Å². The lowest BCUT2D eigenvalue weighted by Gasteiger charge is -2.29. The summed E-state index contributed by atoms with van der Waals surface area (Å²) in [5.74, 6) is -2.40. The summed E-state index contributed by atoms with van der Waals surface area (Å²) in [6.07, 6.45) is 1.23. The van der Waals surface area contributed by atoms with Crippen molar-refractivity contribution in [1.82, 2.24) is 10.2 Å². The first-order valence-electron chi connectivity index (χ1n) is 6.19. The van der Waals surface area contributed by atoms with Gasteiger partial charge in [0.1, 0.15) is 5.82 Å². The Bertz CT molecular complexity index is 597. The quantitative estimate of drug-likeness (QED) is 0.815. The maximum atomic E-state index is 12.8. The molecule has 0 spiro atoms. The highest BCUT2D eigenvalue weighted by Gasteiger charge is 2.28. The van der Waals surface area contributed by atoms with E-state index in [9.17, 15) is 18.8 Å². The van der Waals surface area contributed by atoms with Gasteiger partial charge < -0.3 is 15.3 Å². The van der Waals surface area contributed by atoms with Crippen molar-refractivity contribution in [1.29, 1.82) is 0 Å². The van der Waals surface area contributed by atoms with Crippen LogP contribution in [0.2, 0.25) is 0 Å². The maximum absolute atomic E-state index is 12.8. The van der Waals surface area contributed by atoms with Gasteiger partial charge in [-0.2, -0.15) is 0 Å². The van der Waals surface area contributed by atoms with E-state index in [4.69, 9.17) is 5.11 Å². The van der Waals surface area contributed by atoms with E-state index in [1.165, 1.54) is 35.4 Å². The number of nitrogens with zero attached hydrogens (tertiary/aromatic N) is 1. The first kappa shape index (κ1) is 14.7. The Balaban J connectivity index is 2.00. The fourth-order valence-corrected chi connectivity index (χ4v) is 1.95. The molecule has 0 saturated heterocycles. The molecule has 0 aliphatic carbocycles. The molecule has 0 bridgehead atoms. The van der Waals surface area contributed by atoms with Gasteiger partial charge in [-0.3, -0.25) is 9.59 Å². The smallest absolute Gasteiger partial charge is 0.347 e. The van der Waals surface area contributed by atoms with Crippen molar-refractivity contribution in [2.24, 2.45) is 0 Å². The summed E-state index contributed by atoms with van der Waals surface area (Å²) < 4.78 is 12.8. The SMILES string of the molecule is O=C(Cc1ccc(F)cc1)CN1C=CC(=O)NC1C(=O)O. The zero-order chi connectivity index (χ0) is 15.4. The predicted octanol–water partition coefficient (Wildman–Crippen LogP) is 0.294. The van der Waals surface area contributed by atoms with Crippen LogP contribution in [0.4, 0.5) is 4.39 Å². The molecule has 1 aromatic rings. The van der Waals surface area contributed by atoms with Crippen LogP contribution in [0.3, 0.4) is 0 Å². The number of rotatable bonds is 5. The Morgan fingerprint density at radius 2 is 1.95 bits per heavy atom. The highest BCUT2D eigenvalue weighted by atomic mass is 19.1. The van der Waals surface area contributed by atoms with E-state index in [0.29, 0.717) is 5.56 Å². The molecule has 0 aromatic heterocycles. The summed E-state index contributed by atoms with van der Waals surface area (Å²) in [5, 5.41) is 11.3. The Labute approximate surface area is 119 Å². The van der Waals surface area contributed by atoms with Gasteiger partial charge in [-0.15, -0.1) is 0 Å². The van der Waals surface area contributed by atoms with Gasteiger partial charge >= 0.3 is 5.97 Å². The number of hydrogen-bond donors (Lipinski definition) is 2. The van der Waals surface area contributed by atoms with Crippen LogP contribution in [-0.2, 0) is 20.8 Å². The summed E-state index contributed by atoms with van der Waals surface area (Å²) in [6.45, 7) is -0.162. The second-order valence-corrected chi connectivity index (χ2v) is 4.58. The van der Waals surface area contributed by atoms with E-state index in [1.54, 1.807) is 0 Å². The van der Waals surface area contributed by atoms with Gasteiger partial charge in [0.05, 0.1) is 6.54 Å². The summed E-state index contributed by atoms with van der Waals surface area (Å²) in [7, 11) is 0. The number of halogens is 1. The predicted molar refractivity (Wildman–Crippen MR) is 70.5 cm³/mol. The van der Waals surface area contributed by atoms with Gasteiger partial charge in [-0.05, 0) is 17.7 Å². The average Bonchev–Trinajstić information content (AvgIpc) is 2.43. The molecule has 1 heterocycles. The first-order chi connectivity index (χ1) is 9.95. The van der Waals surface area contributed by atoms with E-state index in [2.05, 4.69) is 5.32 Å². The van der Waals surface area contributed by atoms with E-state index in [0.717, 1.165) is 6.08 Å². The molecular weight excluding hydrogens is 279 g/mol. The number of aliphatic carboxylic acids is 1. The molecule has 0 fully saturated rings. The molecule has 1 amide bonds. The van der Waals surface area contributed by atoms with Crippen molar-refractivity contribution < 1.29 is 23.9 Å². The number of benzene rings is 1. The van der Waals surface area contributed by atoms with Crippen LogP contribution in [-0.4, -0.2) is 40.4 Å². The maximum Gasteiger partial charge on any atom is 0.347 e. The number of ketones is 1. The molecule has 7 heteroatoms. The number of carbonyl (C=O) groups is 3. The normalized spacial score (nSPS) is 17.5. The minimum absolute atomic E-state index is 0.0604. The third-order valence-corrected chi connectivity index (χ3v) is 2.94.